The summed E-state index contributed by atoms with van der Waals surface area (Å²) < 4.78 is 41.2. The molecule has 164 valence electrons. The Labute approximate surface area is 192 Å². The predicted octanol–water partition coefficient (Wildman–Crippen LogP) is 2.98. The third-order valence-corrected chi connectivity index (χ3v) is 5.42. The highest BCUT2D eigenvalue weighted by Crippen LogP contribution is 2.39. The van der Waals surface area contributed by atoms with E-state index in [4.69, 9.17) is 6.85 Å². The third kappa shape index (κ3) is 3.55. The number of aryl methyl sites for hydroxylation is 1. The summed E-state index contributed by atoms with van der Waals surface area (Å²) in [5.74, 6) is -0.929. The number of amides is 2. The van der Waals surface area contributed by atoms with Crippen LogP contribution in [-0.2, 0) is 11.3 Å². The Kier molecular flexibility index (Phi) is 3.60. The molecule has 1 fully saturated rings. The maximum absolute atomic E-state index is 12.8. The highest BCUT2D eigenvalue weighted by atomic mass is 16.2. The van der Waals surface area contributed by atoms with Gasteiger partial charge in [-0.05, 0) is 38.0 Å². The lowest BCUT2D eigenvalue weighted by molar-refractivity contribution is -0.117. The van der Waals surface area contributed by atoms with Gasteiger partial charge in [-0.1, -0.05) is 6.07 Å². The van der Waals surface area contributed by atoms with Gasteiger partial charge < -0.3 is 20.9 Å². The number of anilines is 4. The van der Waals surface area contributed by atoms with Gasteiger partial charge in [-0.2, -0.15) is 5.10 Å². The highest BCUT2D eigenvalue weighted by Gasteiger charge is 2.30. The molecule has 3 aromatic rings. The SMILES string of the molecule is [2H]C([2H])([2H])NC(=O)c1cnc(NC(=O)C2CC2)cc1Nc1cccc2c1N(C)C([2H])([2H])c1cc(C)nn1-2. The molecule has 2 amide bonds. The van der Waals surface area contributed by atoms with Crippen molar-refractivity contribution < 1.29 is 16.4 Å². The first-order chi connectivity index (χ1) is 17.3. The van der Waals surface area contributed by atoms with Crippen molar-refractivity contribution in [3.63, 3.8) is 0 Å². The van der Waals surface area contributed by atoms with E-state index in [1.807, 2.05) is 5.32 Å². The van der Waals surface area contributed by atoms with Crippen molar-refractivity contribution in [3.05, 3.63) is 53.5 Å². The van der Waals surface area contributed by atoms with E-state index in [1.165, 1.54) is 17.2 Å². The van der Waals surface area contributed by atoms with Crippen LogP contribution in [0.25, 0.3) is 5.69 Å². The van der Waals surface area contributed by atoms with Crippen LogP contribution in [-0.4, -0.2) is 40.6 Å². The Morgan fingerprint density at radius 2 is 2.09 bits per heavy atom. The first kappa shape index (κ1) is 15.0. The molecule has 2 aromatic heterocycles. The zero-order valence-electron chi connectivity index (χ0n) is 22.6. The summed E-state index contributed by atoms with van der Waals surface area (Å²) in [5, 5.41) is 12.3. The second-order valence-corrected chi connectivity index (χ2v) is 7.88. The van der Waals surface area contributed by atoms with E-state index in [9.17, 15) is 9.59 Å². The van der Waals surface area contributed by atoms with Crippen molar-refractivity contribution >= 4 is 34.7 Å². The average molecular weight is 437 g/mol. The number of hydrogen-bond acceptors (Lipinski definition) is 6. The number of pyridine rings is 1. The summed E-state index contributed by atoms with van der Waals surface area (Å²) in [7, 11) is 1.62. The number of carbonyl (C=O) groups is 2. The first-order valence-electron chi connectivity index (χ1n) is 12.7. The summed E-state index contributed by atoms with van der Waals surface area (Å²) in [4.78, 5) is 30.7. The molecule has 9 nitrogen and oxygen atoms in total. The molecule has 0 atom stereocenters. The molecule has 1 aromatic carbocycles. The lowest BCUT2D eigenvalue weighted by atomic mass is 10.1. The zero-order chi connectivity index (χ0) is 26.7. The van der Waals surface area contributed by atoms with Crippen LogP contribution in [0.1, 0.15) is 41.4 Å². The normalized spacial score (nSPS) is 18.7. The fourth-order valence-electron chi connectivity index (χ4n) is 3.74. The predicted molar refractivity (Wildman–Crippen MR) is 123 cm³/mol. The molecular formula is C23H25N7O2. The van der Waals surface area contributed by atoms with Crippen LogP contribution in [0.15, 0.2) is 36.5 Å². The molecule has 0 saturated heterocycles. The Morgan fingerprint density at radius 3 is 2.88 bits per heavy atom. The molecule has 1 saturated carbocycles. The number of carbonyl (C=O) groups excluding carboxylic acids is 2. The maximum atomic E-state index is 12.8. The molecule has 3 N–H and O–H groups in total. The van der Waals surface area contributed by atoms with Crippen LogP contribution < -0.4 is 20.9 Å². The van der Waals surface area contributed by atoms with Gasteiger partial charge in [-0.3, -0.25) is 9.59 Å². The number of aromatic nitrogens is 3. The Hall–Kier alpha value is -3.88. The minimum Gasteiger partial charge on any atom is -0.365 e. The lowest BCUT2D eigenvalue weighted by Crippen LogP contribution is -2.26. The molecule has 9 heteroatoms. The number of fused-ring (bicyclic) bond motifs is 3. The highest BCUT2D eigenvalue weighted by molar-refractivity contribution is 6.02. The molecule has 5 rings (SSSR count). The van der Waals surface area contributed by atoms with Gasteiger partial charge in [-0.25, -0.2) is 9.67 Å². The van der Waals surface area contributed by atoms with Gasteiger partial charge in [0, 0.05) is 36.3 Å². The van der Waals surface area contributed by atoms with Gasteiger partial charge in [0.25, 0.3) is 5.91 Å². The van der Waals surface area contributed by atoms with E-state index < -0.39 is 19.4 Å². The number of hydrogen-bond donors (Lipinski definition) is 3. The second-order valence-electron chi connectivity index (χ2n) is 7.88. The quantitative estimate of drug-likeness (QED) is 0.568. The molecule has 0 radical (unpaired) electrons. The Bertz CT molecular complexity index is 1410. The monoisotopic (exact) mass is 436 g/mol. The molecule has 1 aliphatic heterocycles. The molecule has 2 aliphatic rings. The summed E-state index contributed by atoms with van der Waals surface area (Å²) in [6.45, 7) is -2.83. The molecule has 0 spiro atoms. The third-order valence-electron chi connectivity index (χ3n) is 5.42. The molecule has 0 bridgehead atoms. The van der Waals surface area contributed by atoms with Crippen molar-refractivity contribution in [1.82, 2.24) is 20.1 Å². The van der Waals surface area contributed by atoms with Crippen LogP contribution >= 0.6 is 0 Å². The van der Waals surface area contributed by atoms with Crippen molar-refractivity contribution in [2.24, 2.45) is 5.92 Å². The topological polar surface area (TPSA) is 104 Å². The number of benzene rings is 1. The molecule has 32 heavy (non-hydrogen) atoms. The number of rotatable bonds is 5. The van der Waals surface area contributed by atoms with Crippen molar-refractivity contribution in [1.29, 1.82) is 0 Å². The van der Waals surface area contributed by atoms with Gasteiger partial charge in [-0.15, -0.1) is 0 Å². The van der Waals surface area contributed by atoms with E-state index in [0.717, 1.165) is 12.8 Å². The van der Waals surface area contributed by atoms with Crippen molar-refractivity contribution in [2.45, 2.75) is 26.3 Å². The summed E-state index contributed by atoms with van der Waals surface area (Å²) >= 11 is 0. The van der Waals surface area contributed by atoms with Crippen molar-refractivity contribution in [3.8, 4) is 5.69 Å². The largest absolute Gasteiger partial charge is 0.365 e. The van der Waals surface area contributed by atoms with Gasteiger partial charge >= 0.3 is 0 Å². The van der Waals surface area contributed by atoms with E-state index in [2.05, 4.69) is 20.7 Å². The fraction of sp³-hybridized carbons (Fsp3) is 0.304. The standard InChI is InChI=1S/C23H25N7O2/c1-13-9-15-12-29(3)21-17(5-4-6-19(21)30(15)28-13)26-18-10-20(27-22(31)14-7-8-14)25-11-16(18)23(32)24-2/h4-6,9-11,14H,7-8,12H2,1-3H3,(H,24,32)(H2,25,26,27,31)/i2D3,12D2. The van der Waals surface area contributed by atoms with Gasteiger partial charge in [0.15, 0.2) is 0 Å². The van der Waals surface area contributed by atoms with E-state index in [0.29, 0.717) is 28.5 Å². The Balaban J connectivity index is 1.59. The minimum atomic E-state index is -2.72. The lowest BCUT2D eigenvalue weighted by Gasteiger charge is -2.30. The summed E-state index contributed by atoms with van der Waals surface area (Å²) in [5.41, 5.74) is 2.71. The molecular weight excluding hydrogens is 406 g/mol. The second kappa shape index (κ2) is 7.67. The zero-order valence-corrected chi connectivity index (χ0v) is 17.6. The van der Waals surface area contributed by atoms with Gasteiger partial charge in [0.05, 0.1) is 48.9 Å². The Morgan fingerprint density at radius 1 is 1.25 bits per heavy atom. The number of para-hydroxylation sites is 1. The van der Waals surface area contributed by atoms with Crippen molar-refractivity contribution in [2.75, 3.05) is 29.6 Å². The summed E-state index contributed by atoms with van der Waals surface area (Å²) in [6, 6.07) is 8.42. The average Bonchev–Trinajstić information content (AvgIpc) is 3.58. The van der Waals surface area contributed by atoms with Gasteiger partial charge in [0.2, 0.25) is 5.91 Å². The smallest absolute Gasteiger partial charge is 0.254 e. The van der Waals surface area contributed by atoms with Crippen LogP contribution in [0.5, 0.6) is 0 Å². The molecule has 1 aliphatic carbocycles. The van der Waals surface area contributed by atoms with E-state index in [-0.39, 0.29) is 28.9 Å². The van der Waals surface area contributed by atoms with Crippen LogP contribution in [0, 0.1) is 12.8 Å². The minimum absolute atomic E-state index is 0.0600. The summed E-state index contributed by atoms with van der Waals surface area (Å²) in [6.07, 6.45) is 2.80. The van der Waals surface area contributed by atoms with E-state index >= 15 is 0 Å². The van der Waals surface area contributed by atoms with E-state index in [1.54, 1.807) is 42.9 Å². The molecule has 3 heterocycles. The fourth-order valence-corrected chi connectivity index (χ4v) is 3.74. The first-order valence-corrected chi connectivity index (χ1v) is 10.2. The number of nitrogens with zero attached hydrogens (tertiary/aromatic N) is 4. The van der Waals surface area contributed by atoms with Gasteiger partial charge in [0.1, 0.15) is 5.82 Å². The maximum Gasteiger partial charge on any atom is 0.254 e. The number of nitrogens with one attached hydrogen (secondary N) is 3. The van der Waals surface area contributed by atoms with Crippen LogP contribution in [0.3, 0.4) is 0 Å². The van der Waals surface area contributed by atoms with Crippen LogP contribution in [0.2, 0.25) is 0 Å². The van der Waals surface area contributed by atoms with Crippen LogP contribution in [0.4, 0.5) is 22.9 Å². The molecule has 0 unspecified atom stereocenters.